The second kappa shape index (κ2) is 6.48. The Balaban J connectivity index is 2.19. The van der Waals surface area contributed by atoms with Crippen molar-refractivity contribution in [2.75, 3.05) is 17.9 Å². The maximum atomic E-state index is 10.9. The van der Waals surface area contributed by atoms with Crippen LogP contribution in [-0.4, -0.2) is 22.0 Å². The molecule has 0 unspecified atom stereocenters. The van der Waals surface area contributed by atoms with Crippen LogP contribution >= 0.6 is 0 Å². The molecule has 0 saturated carbocycles. The van der Waals surface area contributed by atoms with Crippen molar-refractivity contribution in [2.45, 2.75) is 6.54 Å². The summed E-state index contributed by atoms with van der Waals surface area (Å²) in [5, 5.41) is 13.8. The first-order valence-electron chi connectivity index (χ1n) is 5.99. The molecule has 0 spiro atoms. The molecule has 110 valence electrons. The van der Waals surface area contributed by atoms with Crippen molar-refractivity contribution in [1.29, 1.82) is 0 Å². The number of nitrogens with two attached hydrogens (primary N) is 1. The number of ether oxygens (including phenoxy) is 1. The Morgan fingerprint density at radius 3 is 2.95 bits per heavy atom. The molecule has 1 heterocycles. The van der Waals surface area contributed by atoms with Crippen molar-refractivity contribution >= 4 is 17.5 Å². The number of benzene rings is 1. The maximum absolute atomic E-state index is 10.9. The summed E-state index contributed by atoms with van der Waals surface area (Å²) in [6.07, 6.45) is 1.09. The molecule has 21 heavy (non-hydrogen) atoms. The van der Waals surface area contributed by atoms with E-state index in [9.17, 15) is 10.1 Å². The fourth-order valence-corrected chi connectivity index (χ4v) is 1.68. The third-order valence-electron chi connectivity index (χ3n) is 2.69. The highest BCUT2D eigenvalue weighted by Gasteiger charge is 2.16. The van der Waals surface area contributed by atoms with Crippen LogP contribution in [0.25, 0.3) is 0 Å². The van der Waals surface area contributed by atoms with Gasteiger partial charge in [0, 0.05) is 6.54 Å². The number of hydrazine groups is 1. The minimum Gasteiger partial charge on any atom is -0.497 e. The summed E-state index contributed by atoms with van der Waals surface area (Å²) in [5.74, 6) is 6.09. The molecule has 0 aliphatic rings. The van der Waals surface area contributed by atoms with Crippen LogP contribution in [0.3, 0.4) is 0 Å². The molecule has 0 radical (unpaired) electrons. The zero-order valence-corrected chi connectivity index (χ0v) is 11.2. The Morgan fingerprint density at radius 1 is 1.48 bits per heavy atom. The summed E-state index contributed by atoms with van der Waals surface area (Å²) in [4.78, 5) is 18.0. The van der Waals surface area contributed by atoms with Gasteiger partial charge in [0.15, 0.2) is 0 Å². The monoisotopic (exact) mass is 290 g/mol. The van der Waals surface area contributed by atoms with Crippen LogP contribution in [0.5, 0.6) is 5.75 Å². The van der Waals surface area contributed by atoms with Crippen molar-refractivity contribution in [3.05, 3.63) is 46.1 Å². The number of aromatic nitrogens is 2. The Labute approximate surface area is 120 Å². The first-order chi connectivity index (χ1) is 10.1. The van der Waals surface area contributed by atoms with Crippen molar-refractivity contribution in [1.82, 2.24) is 9.97 Å². The number of hydrogen-bond acceptors (Lipinski definition) is 8. The average molecular weight is 290 g/mol. The number of nitrogens with one attached hydrogen (secondary N) is 2. The number of nitro groups is 1. The minimum atomic E-state index is -0.561. The molecule has 1 aromatic carbocycles. The van der Waals surface area contributed by atoms with E-state index in [0.717, 1.165) is 11.8 Å². The van der Waals surface area contributed by atoms with Crippen LogP contribution in [0.2, 0.25) is 0 Å². The first kappa shape index (κ1) is 14.5. The summed E-state index contributed by atoms with van der Waals surface area (Å²) in [7, 11) is 1.57. The SMILES string of the molecule is COc1cccc(CNc2nc(NN)ncc2[N+](=O)[O-])c1. The van der Waals surface area contributed by atoms with E-state index in [1.54, 1.807) is 7.11 Å². The lowest BCUT2D eigenvalue weighted by atomic mass is 10.2. The van der Waals surface area contributed by atoms with Gasteiger partial charge in [-0.1, -0.05) is 12.1 Å². The van der Waals surface area contributed by atoms with Crippen LogP contribution in [0.1, 0.15) is 5.56 Å². The van der Waals surface area contributed by atoms with E-state index in [1.165, 1.54) is 0 Å². The summed E-state index contributed by atoms with van der Waals surface area (Å²) < 4.78 is 5.12. The number of nitrogens with zero attached hydrogens (tertiary/aromatic N) is 3. The zero-order chi connectivity index (χ0) is 15.2. The van der Waals surface area contributed by atoms with Gasteiger partial charge in [-0.15, -0.1) is 0 Å². The molecular weight excluding hydrogens is 276 g/mol. The Hall–Kier alpha value is -2.94. The van der Waals surface area contributed by atoms with Gasteiger partial charge in [0.05, 0.1) is 12.0 Å². The number of rotatable bonds is 6. The Morgan fingerprint density at radius 2 is 2.29 bits per heavy atom. The lowest BCUT2D eigenvalue weighted by Crippen LogP contribution is -2.13. The van der Waals surface area contributed by atoms with E-state index in [-0.39, 0.29) is 17.5 Å². The molecule has 0 aliphatic heterocycles. The third kappa shape index (κ3) is 3.54. The molecule has 0 saturated heterocycles. The first-order valence-corrected chi connectivity index (χ1v) is 5.99. The second-order valence-electron chi connectivity index (χ2n) is 4.03. The fourth-order valence-electron chi connectivity index (χ4n) is 1.68. The van der Waals surface area contributed by atoms with E-state index in [0.29, 0.717) is 12.3 Å². The topological polar surface area (TPSA) is 128 Å². The highest BCUT2D eigenvalue weighted by Crippen LogP contribution is 2.22. The molecule has 4 N–H and O–H groups in total. The van der Waals surface area contributed by atoms with Crippen LogP contribution in [0, 0.1) is 10.1 Å². The predicted octanol–water partition coefficient (Wildman–Crippen LogP) is 1.29. The predicted molar refractivity (Wildman–Crippen MR) is 76.8 cm³/mol. The number of hydrogen-bond donors (Lipinski definition) is 3. The van der Waals surface area contributed by atoms with Gasteiger partial charge >= 0.3 is 5.69 Å². The quantitative estimate of drug-likeness (QED) is 0.412. The van der Waals surface area contributed by atoms with E-state index < -0.39 is 4.92 Å². The highest BCUT2D eigenvalue weighted by atomic mass is 16.6. The smallest absolute Gasteiger partial charge is 0.329 e. The lowest BCUT2D eigenvalue weighted by Gasteiger charge is -2.08. The summed E-state index contributed by atoms with van der Waals surface area (Å²) in [6.45, 7) is 0.346. The Kier molecular flexibility index (Phi) is 4.46. The molecule has 0 aliphatic carbocycles. The van der Waals surface area contributed by atoms with Crippen LogP contribution in [0.4, 0.5) is 17.5 Å². The molecule has 0 amide bonds. The molecule has 1 aromatic heterocycles. The molecule has 9 nitrogen and oxygen atoms in total. The summed E-state index contributed by atoms with van der Waals surface area (Å²) >= 11 is 0. The van der Waals surface area contributed by atoms with Crippen LogP contribution in [0.15, 0.2) is 30.5 Å². The standard InChI is InChI=1S/C12H14N6O3/c1-21-9-4-2-3-8(5-9)6-14-11-10(18(19)20)7-15-12(16-11)17-13/h2-5,7H,6,13H2,1H3,(H2,14,15,16,17). The van der Waals surface area contributed by atoms with E-state index >= 15 is 0 Å². The number of anilines is 2. The normalized spacial score (nSPS) is 10.0. The molecular formula is C12H14N6O3. The van der Waals surface area contributed by atoms with Crippen molar-refractivity contribution in [3.63, 3.8) is 0 Å². The minimum absolute atomic E-state index is 0.0887. The third-order valence-corrected chi connectivity index (χ3v) is 2.69. The van der Waals surface area contributed by atoms with Gasteiger partial charge in [0.25, 0.3) is 0 Å². The average Bonchev–Trinajstić information content (AvgIpc) is 2.52. The molecule has 2 rings (SSSR count). The number of methoxy groups -OCH3 is 1. The van der Waals surface area contributed by atoms with Gasteiger partial charge in [0.1, 0.15) is 11.9 Å². The van der Waals surface area contributed by atoms with Crippen LogP contribution in [-0.2, 0) is 6.54 Å². The highest BCUT2D eigenvalue weighted by molar-refractivity contribution is 5.57. The van der Waals surface area contributed by atoms with Gasteiger partial charge in [-0.25, -0.2) is 10.8 Å². The van der Waals surface area contributed by atoms with Crippen LogP contribution < -0.4 is 21.3 Å². The van der Waals surface area contributed by atoms with E-state index in [2.05, 4.69) is 20.7 Å². The molecule has 0 bridgehead atoms. The summed E-state index contributed by atoms with van der Waals surface area (Å²) in [5.41, 5.74) is 2.91. The van der Waals surface area contributed by atoms with Gasteiger partial charge in [0.2, 0.25) is 11.8 Å². The molecule has 9 heteroatoms. The van der Waals surface area contributed by atoms with Gasteiger partial charge in [-0.3, -0.25) is 15.5 Å². The fraction of sp³-hybridized carbons (Fsp3) is 0.167. The van der Waals surface area contributed by atoms with E-state index in [4.69, 9.17) is 10.6 Å². The van der Waals surface area contributed by atoms with Gasteiger partial charge in [-0.05, 0) is 17.7 Å². The van der Waals surface area contributed by atoms with Crippen molar-refractivity contribution in [2.24, 2.45) is 5.84 Å². The Bertz CT molecular complexity index is 649. The second-order valence-corrected chi connectivity index (χ2v) is 4.03. The maximum Gasteiger partial charge on any atom is 0.329 e. The van der Waals surface area contributed by atoms with Crippen molar-refractivity contribution < 1.29 is 9.66 Å². The lowest BCUT2D eigenvalue weighted by molar-refractivity contribution is -0.384. The molecule has 2 aromatic rings. The largest absolute Gasteiger partial charge is 0.497 e. The number of nitrogen functional groups attached to an aromatic ring is 1. The molecule has 0 atom stereocenters. The summed E-state index contributed by atoms with van der Waals surface area (Å²) in [6, 6.07) is 7.33. The van der Waals surface area contributed by atoms with Crippen molar-refractivity contribution in [3.8, 4) is 5.75 Å². The molecule has 0 fully saturated rings. The van der Waals surface area contributed by atoms with Gasteiger partial charge in [-0.2, -0.15) is 4.98 Å². The van der Waals surface area contributed by atoms with Gasteiger partial charge < -0.3 is 10.1 Å². The zero-order valence-electron chi connectivity index (χ0n) is 11.2. The van der Waals surface area contributed by atoms with E-state index in [1.807, 2.05) is 24.3 Å².